The first kappa shape index (κ1) is 15.0. The molecule has 1 amide bonds. The number of nitrogens with zero attached hydrogens (tertiary/aromatic N) is 1. The third kappa shape index (κ3) is 4.94. The van der Waals surface area contributed by atoms with Gasteiger partial charge in [-0.3, -0.25) is 4.79 Å². The van der Waals surface area contributed by atoms with E-state index in [4.69, 9.17) is 0 Å². The molecule has 4 nitrogen and oxygen atoms in total. The minimum absolute atomic E-state index is 0.0281. The van der Waals surface area contributed by atoms with Gasteiger partial charge in [0.1, 0.15) is 0 Å². The number of amides is 1. The summed E-state index contributed by atoms with van der Waals surface area (Å²) >= 11 is 0. The zero-order chi connectivity index (χ0) is 14.4. The molecule has 0 aliphatic carbocycles. The van der Waals surface area contributed by atoms with E-state index in [2.05, 4.69) is 34.7 Å². The summed E-state index contributed by atoms with van der Waals surface area (Å²) in [5.74, 6) is 0.743. The fraction of sp³-hybridized carbons (Fsp3) is 0.562. The van der Waals surface area contributed by atoms with Crippen LogP contribution in [0.2, 0.25) is 0 Å². The molecule has 2 N–H and O–H groups in total. The van der Waals surface area contributed by atoms with Crippen LogP contribution in [0.15, 0.2) is 24.3 Å². The number of piperidine rings is 1. The normalized spacial score (nSPS) is 19.1. The number of rotatable bonds is 5. The van der Waals surface area contributed by atoms with Gasteiger partial charge in [0.15, 0.2) is 0 Å². The number of hydrogen-bond acceptors (Lipinski definition) is 3. The fourth-order valence-electron chi connectivity index (χ4n) is 2.79. The molecule has 0 radical (unpaired) electrons. The van der Waals surface area contributed by atoms with Crippen molar-refractivity contribution in [1.82, 2.24) is 10.2 Å². The van der Waals surface area contributed by atoms with Crippen LogP contribution in [0.25, 0.3) is 0 Å². The number of nitrogens with one attached hydrogen (secondary N) is 2. The molecule has 110 valence electrons. The minimum Gasteiger partial charge on any atom is -0.326 e. The molecule has 1 aliphatic heterocycles. The van der Waals surface area contributed by atoms with Gasteiger partial charge in [0.05, 0.1) is 0 Å². The molecule has 1 aliphatic rings. The van der Waals surface area contributed by atoms with Crippen LogP contribution in [0.3, 0.4) is 0 Å². The topological polar surface area (TPSA) is 44.4 Å². The second kappa shape index (κ2) is 7.41. The van der Waals surface area contributed by atoms with Crippen LogP contribution in [0.5, 0.6) is 0 Å². The predicted octanol–water partition coefficient (Wildman–Crippen LogP) is 2.08. The van der Waals surface area contributed by atoms with E-state index in [1.165, 1.54) is 31.9 Å². The lowest BCUT2D eigenvalue weighted by Crippen LogP contribution is -2.36. The van der Waals surface area contributed by atoms with Crippen LogP contribution < -0.4 is 10.6 Å². The lowest BCUT2D eigenvalue weighted by atomic mass is 9.99. The highest BCUT2D eigenvalue weighted by Gasteiger charge is 2.14. The summed E-state index contributed by atoms with van der Waals surface area (Å²) in [6.07, 6.45) is 2.63. The van der Waals surface area contributed by atoms with E-state index >= 15 is 0 Å². The van der Waals surface area contributed by atoms with Gasteiger partial charge in [-0.2, -0.15) is 0 Å². The number of carbonyl (C=O) groups excluding carboxylic acids is 1. The lowest BCUT2D eigenvalue weighted by molar-refractivity contribution is -0.114. The Morgan fingerprint density at radius 1 is 1.40 bits per heavy atom. The van der Waals surface area contributed by atoms with Crippen LogP contribution in [0.1, 0.15) is 25.3 Å². The van der Waals surface area contributed by atoms with Crippen molar-refractivity contribution in [3.63, 3.8) is 0 Å². The van der Waals surface area contributed by atoms with Gasteiger partial charge < -0.3 is 15.5 Å². The Morgan fingerprint density at radius 2 is 2.15 bits per heavy atom. The second-order valence-corrected chi connectivity index (χ2v) is 5.79. The first-order chi connectivity index (χ1) is 9.63. The third-order valence-electron chi connectivity index (χ3n) is 3.70. The van der Waals surface area contributed by atoms with E-state index in [1.54, 1.807) is 0 Å². The molecule has 0 aromatic heterocycles. The van der Waals surface area contributed by atoms with Crippen LogP contribution in [-0.2, 0) is 11.3 Å². The first-order valence-electron chi connectivity index (χ1n) is 7.39. The smallest absolute Gasteiger partial charge is 0.221 e. The lowest BCUT2D eigenvalue weighted by Gasteiger charge is -2.27. The Bertz CT molecular complexity index is 424. The Morgan fingerprint density at radius 3 is 2.75 bits per heavy atom. The summed E-state index contributed by atoms with van der Waals surface area (Å²) in [5, 5.41) is 6.25. The molecule has 0 spiro atoms. The summed E-state index contributed by atoms with van der Waals surface area (Å²) in [6, 6.07) is 8.10. The molecule has 0 saturated carbocycles. The summed E-state index contributed by atoms with van der Waals surface area (Å²) in [4.78, 5) is 13.4. The molecule has 1 aromatic carbocycles. The van der Waals surface area contributed by atoms with Crippen molar-refractivity contribution in [3.05, 3.63) is 29.8 Å². The highest BCUT2D eigenvalue weighted by atomic mass is 16.1. The zero-order valence-electron chi connectivity index (χ0n) is 12.5. The van der Waals surface area contributed by atoms with E-state index in [-0.39, 0.29) is 5.91 Å². The van der Waals surface area contributed by atoms with Crippen molar-refractivity contribution in [3.8, 4) is 0 Å². The van der Waals surface area contributed by atoms with Crippen molar-refractivity contribution in [2.75, 3.05) is 32.0 Å². The van der Waals surface area contributed by atoms with Gasteiger partial charge in [-0.15, -0.1) is 0 Å². The third-order valence-corrected chi connectivity index (χ3v) is 3.70. The van der Waals surface area contributed by atoms with Gasteiger partial charge in [0.2, 0.25) is 5.91 Å². The highest BCUT2D eigenvalue weighted by Crippen LogP contribution is 2.14. The predicted molar refractivity (Wildman–Crippen MR) is 82.7 cm³/mol. The Kier molecular flexibility index (Phi) is 5.56. The maximum atomic E-state index is 11.0. The number of anilines is 1. The zero-order valence-corrected chi connectivity index (χ0v) is 12.5. The quantitative estimate of drug-likeness (QED) is 0.864. The standard InChI is InChI=1S/C16H25N3O/c1-13(20)18-16-7-5-14(6-8-16)11-19(2)12-15-4-3-9-17-10-15/h5-8,15,17H,3-4,9-12H2,1-2H3,(H,18,20). The summed E-state index contributed by atoms with van der Waals surface area (Å²) in [5.41, 5.74) is 2.14. The molecule has 1 saturated heterocycles. The van der Waals surface area contributed by atoms with Crippen molar-refractivity contribution >= 4 is 11.6 Å². The highest BCUT2D eigenvalue weighted by molar-refractivity contribution is 5.88. The second-order valence-electron chi connectivity index (χ2n) is 5.79. The van der Waals surface area contributed by atoms with Gasteiger partial charge in [0.25, 0.3) is 0 Å². The van der Waals surface area contributed by atoms with Crippen molar-refractivity contribution in [1.29, 1.82) is 0 Å². The Hall–Kier alpha value is -1.39. The van der Waals surface area contributed by atoms with Gasteiger partial charge in [-0.25, -0.2) is 0 Å². The SMILES string of the molecule is CC(=O)Nc1ccc(CN(C)CC2CCCNC2)cc1. The van der Waals surface area contributed by atoms with Gasteiger partial charge in [-0.1, -0.05) is 12.1 Å². The van der Waals surface area contributed by atoms with E-state index < -0.39 is 0 Å². The molecule has 2 rings (SSSR count). The van der Waals surface area contributed by atoms with Gasteiger partial charge in [-0.05, 0) is 56.6 Å². The van der Waals surface area contributed by atoms with E-state index in [0.717, 1.165) is 31.2 Å². The molecule has 20 heavy (non-hydrogen) atoms. The molecule has 0 bridgehead atoms. The Labute approximate surface area is 121 Å². The van der Waals surface area contributed by atoms with Gasteiger partial charge >= 0.3 is 0 Å². The molecule has 1 atom stereocenters. The van der Waals surface area contributed by atoms with Crippen molar-refractivity contribution < 1.29 is 4.79 Å². The van der Waals surface area contributed by atoms with Crippen LogP contribution in [-0.4, -0.2) is 37.5 Å². The molecular formula is C16H25N3O. The fourth-order valence-corrected chi connectivity index (χ4v) is 2.79. The maximum absolute atomic E-state index is 11.0. The Balaban J connectivity index is 1.81. The van der Waals surface area contributed by atoms with Crippen LogP contribution in [0.4, 0.5) is 5.69 Å². The van der Waals surface area contributed by atoms with E-state index in [1.807, 2.05) is 12.1 Å². The molecule has 1 unspecified atom stereocenters. The molecular weight excluding hydrogens is 250 g/mol. The van der Waals surface area contributed by atoms with E-state index in [0.29, 0.717) is 0 Å². The molecule has 1 heterocycles. The summed E-state index contributed by atoms with van der Waals surface area (Å²) in [7, 11) is 2.18. The van der Waals surface area contributed by atoms with Crippen LogP contribution >= 0.6 is 0 Å². The van der Waals surface area contributed by atoms with Crippen molar-refractivity contribution in [2.45, 2.75) is 26.3 Å². The van der Waals surface area contributed by atoms with Crippen LogP contribution in [0, 0.1) is 5.92 Å². The monoisotopic (exact) mass is 275 g/mol. The van der Waals surface area contributed by atoms with Crippen molar-refractivity contribution in [2.24, 2.45) is 5.92 Å². The van der Waals surface area contributed by atoms with Gasteiger partial charge in [0, 0.05) is 25.7 Å². The number of carbonyl (C=O) groups is 1. The molecule has 1 fully saturated rings. The summed E-state index contributed by atoms with van der Waals surface area (Å²) in [6.45, 7) is 5.94. The number of hydrogen-bond donors (Lipinski definition) is 2. The average molecular weight is 275 g/mol. The maximum Gasteiger partial charge on any atom is 0.221 e. The summed E-state index contributed by atoms with van der Waals surface area (Å²) < 4.78 is 0. The average Bonchev–Trinajstić information content (AvgIpc) is 2.41. The largest absolute Gasteiger partial charge is 0.326 e. The number of benzene rings is 1. The first-order valence-corrected chi connectivity index (χ1v) is 7.39. The molecule has 1 aromatic rings. The minimum atomic E-state index is -0.0281. The van der Waals surface area contributed by atoms with E-state index in [9.17, 15) is 4.79 Å². The molecule has 4 heteroatoms.